The summed E-state index contributed by atoms with van der Waals surface area (Å²) >= 11 is 2.94. The van der Waals surface area contributed by atoms with Crippen molar-refractivity contribution in [3.8, 4) is 0 Å². The van der Waals surface area contributed by atoms with Crippen LogP contribution in [0.5, 0.6) is 0 Å². The molecular weight excluding hydrogens is 430 g/mol. The number of thiophene rings is 1. The Hall–Kier alpha value is -2.45. The first-order chi connectivity index (χ1) is 15.0. The molecule has 6 nitrogen and oxygen atoms in total. The average Bonchev–Trinajstić information content (AvgIpc) is 3.16. The molecule has 0 saturated heterocycles. The molecule has 0 unspecified atom stereocenters. The van der Waals surface area contributed by atoms with Gasteiger partial charge < -0.3 is 5.32 Å². The summed E-state index contributed by atoms with van der Waals surface area (Å²) in [5.74, 6) is 0.0914. The normalized spacial score (nSPS) is 13.2. The van der Waals surface area contributed by atoms with E-state index in [1.807, 2.05) is 6.92 Å². The Bertz CT molecular complexity index is 1200. The molecule has 1 aliphatic rings. The first-order valence-corrected chi connectivity index (χ1v) is 12.4. The minimum absolute atomic E-state index is 0.0119. The Kier molecular flexibility index (Phi) is 6.57. The lowest BCUT2D eigenvalue weighted by Crippen LogP contribution is -2.23. The van der Waals surface area contributed by atoms with Gasteiger partial charge in [0.15, 0.2) is 10.9 Å². The summed E-state index contributed by atoms with van der Waals surface area (Å²) in [6.07, 6.45) is 4.67. The topological polar surface area (TPSA) is 81.1 Å². The molecule has 1 aromatic carbocycles. The number of aryl methyl sites for hydroxylation is 2. The third kappa shape index (κ3) is 4.45. The number of nitrogens with one attached hydrogen (secondary N) is 1. The molecule has 0 radical (unpaired) electrons. The zero-order chi connectivity index (χ0) is 22.0. The maximum Gasteiger partial charge on any atom is 0.263 e. The highest BCUT2D eigenvalue weighted by Crippen LogP contribution is 2.34. The van der Waals surface area contributed by atoms with Gasteiger partial charge in [0.2, 0.25) is 5.91 Å². The van der Waals surface area contributed by atoms with Crippen LogP contribution in [0, 0.1) is 0 Å². The van der Waals surface area contributed by atoms with Gasteiger partial charge in [-0.2, -0.15) is 0 Å². The number of Topliss-reactive ketones (excluding diaryl/α,β-unsaturated/α-hetero) is 1. The highest BCUT2D eigenvalue weighted by Gasteiger charge is 2.22. The number of thioether (sulfide) groups is 1. The smallest absolute Gasteiger partial charge is 0.263 e. The van der Waals surface area contributed by atoms with Crippen molar-refractivity contribution in [1.29, 1.82) is 0 Å². The number of carbonyl (C=O) groups excluding carboxylic acids is 2. The molecule has 31 heavy (non-hydrogen) atoms. The Morgan fingerprint density at radius 1 is 1.16 bits per heavy atom. The van der Waals surface area contributed by atoms with Crippen LogP contribution >= 0.6 is 23.1 Å². The van der Waals surface area contributed by atoms with Crippen molar-refractivity contribution < 1.29 is 9.59 Å². The van der Waals surface area contributed by atoms with Crippen molar-refractivity contribution in [3.63, 3.8) is 0 Å². The number of nitrogens with zero attached hydrogens (tertiary/aromatic N) is 2. The molecule has 2 heterocycles. The first-order valence-electron chi connectivity index (χ1n) is 10.6. The van der Waals surface area contributed by atoms with Crippen LogP contribution in [0.4, 0.5) is 5.69 Å². The molecule has 3 aromatic rings. The van der Waals surface area contributed by atoms with Crippen LogP contribution < -0.4 is 10.9 Å². The quantitative estimate of drug-likeness (QED) is 0.318. The fourth-order valence-electron chi connectivity index (χ4n) is 3.81. The van der Waals surface area contributed by atoms with E-state index >= 15 is 0 Å². The number of hydrogen-bond donors (Lipinski definition) is 1. The van der Waals surface area contributed by atoms with Crippen LogP contribution in [0.3, 0.4) is 0 Å². The van der Waals surface area contributed by atoms with Gasteiger partial charge in [-0.15, -0.1) is 11.3 Å². The van der Waals surface area contributed by atoms with E-state index < -0.39 is 0 Å². The molecule has 4 rings (SSSR count). The lowest BCUT2D eigenvalue weighted by atomic mass is 9.97. The van der Waals surface area contributed by atoms with Gasteiger partial charge in [-0.05, 0) is 62.4 Å². The summed E-state index contributed by atoms with van der Waals surface area (Å²) < 4.78 is 1.69. The van der Waals surface area contributed by atoms with Crippen molar-refractivity contribution in [2.75, 3.05) is 11.1 Å². The van der Waals surface area contributed by atoms with Crippen molar-refractivity contribution in [2.24, 2.45) is 0 Å². The van der Waals surface area contributed by atoms with Crippen molar-refractivity contribution in [1.82, 2.24) is 9.55 Å². The van der Waals surface area contributed by atoms with Crippen LogP contribution in [-0.4, -0.2) is 27.0 Å². The summed E-state index contributed by atoms with van der Waals surface area (Å²) in [6, 6.07) is 6.89. The van der Waals surface area contributed by atoms with Crippen molar-refractivity contribution in [2.45, 2.75) is 57.7 Å². The van der Waals surface area contributed by atoms with Gasteiger partial charge in [0.05, 0.1) is 11.1 Å². The standard InChI is InChI=1S/C23H25N3O3S2/c1-3-19(28)24-15-11-9-14(10-12-15)17(27)13-30-23-25-21-20(22(29)26(23)4-2)16-7-5-6-8-18(16)31-21/h9-12H,3-8,13H2,1-2H3,(H,24,28). The summed E-state index contributed by atoms with van der Waals surface area (Å²) in [5, 5.41) is 4.15. The van der Waals surface area contributed by atoms with E-state index in [2.05, 4.69) is 5.32 Å². The molecule has 0 bridgehead atoms. The third-order valence-electron chi connectivity index (χ3n) is 5.50. The maximum absolute atomic E-state index is 13.2. The predicted octanol–water partition coefficient (Wildman–Crippen LogP) is 4.68. The zero-order valence-electron chi connectivity index (χ0n) is 17.7. The fraction of sp³-hybridized carbons (Fsp3) is 0.391. The van der Waals surface area contributed by atoms with Gasteiger partial charge in [0, 0.05) is 29.1 Å². The molecule has 2 aromatic heterocycles. The molecule has 0 aliphatic heterocycles. The molecule has 1 aliphatic carbocycles. The van der Waals surface area contributed by atoms with E-state index in [9.17, 15) is 14.4 Å². The number of anilines is 1. The van der Waals surface area contributed by atoms with E-state index in [0.29, 0.717) is 29.4 Å². The van der Waals surface area contributed by atoms with Crippen molar-refractivity contribution in [3.05, 3.63) is 50.6 Å². The van der Waals surface area contributed by atoms with E-state index in [-0.39, 0.29) is 23.0 Å². The molecule has 162 valence electrons. The molecule has 0 atom stereocenters. The van der Waals surface area contributed by atoms with Gasteiger partial charge in [-0.1, -0.05) is 18.7 Å². The molecular formula is C23H25N3O3S2. The van der Waals surface area contributed by atoms with Crippen LogP contribution in [0.2, 0.25) is 0 Å². The number of fused-ring (bicyclic) bond motifs is 3. The minimum atomic E-state index is -0.0658. The summed E-state index contributed by atoms with van der Waals surface area (Å²) in [4.78, 5) is 44.2. The molecule has 0 spiro atoms. The SMILES string of the molecule is CCC(=O)Nc1ccc(C(=O)CSc2nc3sc4c(c3c(=O)n2CC)CCCC4)cc1. The predicted molar refractivity (Wildman–Crippen MR) is 127 cm³/mol. The number of benzene rings is 1. The van der Waals surface area contributed by atoms with Crippen LogP contribution in [0.1, 0.15) is 53.9 Å². The monoisotopic (exact) mass is 455 g/mol. The lowest BCUT2D eigenvalue weighted by Gasteiger charge is -2.12. The molecule has 0 saturated carbocycles. The minimum Gasteiger partial charge on any atom is -0.326 e. The van der Waals surface area contributed by atoms with Gasteiger partial charge in [0.25, 0.3) is 5.56 Å². The second kappa shape index (κ2) is 9.36. The second-order valence-corrected chi connectivity index (χ2v) is 9.55. The Balaban J connectivity index is 1.54. The number of carbonyl (C=O) groups is 2. The number of rotatable bonds is 7. The second-order valence-electron chi connectivity index (χ2n) is 7.53. The largest absolute Gasteiger partial charge is 0.326 e. The molecule has 1 amide bonds. The van der Waals surface area contributed by atoms with Gasteiger partial charge >= 0.3 is 0 Å². The number of ketones is 1. The highest BCUT2D eigenvalue weighted by molar-refractivity contribution is 7.99. The Morgan fingerprint density at radius 2 is 1.90 bits per heavy atom. The zero-order valence-corrected chi connectivity index (χ0v) is 19.3. The van der Waals surface area contributed by atoms with Gasteiger partial charge in [-0.3, -0.25) is 19.0 Å². The maximum atomic E-state index is 13.2. The molecule has 0 fully saturated rings. The average molecular weight is 456 g/mol. The summed E-state index contributed by atoms with van der Waals surface area (Å²) in [7, 11) is 0. The first kappa shape index (κ1) is 21.8. The van der Waals surface area contributed by atoms with Crippen LogP contribution in [-0.2, 0) is 24.2 Å². The molecule has 8 heteroatoms. The third-order valence-corrected chi connectivity index (χ3v) is 7.66. The van der Waals surface area contributed by atoms with Crippen LogP contribution in [0.25, 0.3) is 10.2 Å². The number of amides is 1. The van der Waals surface area contributed by atoms with E-state index in [4.69, 9.17) is 4.98 Å². The highest BCUT2D eigenvalue weighted by atomic mass is 32.2. The van der Waals surface area contributed by atoms with Crippen molar-refractivity contribution >= 4 is 50.7 Å². The van der Waals surface area contributed by atoms with E-state index in [0.717, 1.165) is 29.5 Å². The summed E-state index contributed by atoms with van der Waals surface area (Å²) in [6.45, 7) is 4.24. The number of hydrogen-bond acceptors (Lipinski definition) is 6. The fourth-order valence-corrected chi connectivity index (χ4v) is 6.07. The summed E-state index contributed by atoms with van der Waals surface area (Å²) in [5.41, 5.74) is 2.44. The lowest BCUT2D eigenvalue weighted by molar-refractivity contribution is -0.115. The van der Waals surface area contributed by atoms with Gasteiger partial charge in [-0.25, -0.2) is 4.98 Å². The van der Waals surface area contributed by atoms with Gasteiger partial charge in [0.1, 0.15) is 4.83 Å². The van der Waals surface area contributed by atoms with E-state index in [1.165, 1.54) is 28.6 Å². The Labute approximate surface area is 189 Å². The Morgan fingerprint density at radius 3 is 2.61 bits per heavy atom. The van der Waals surface area contributed by atoms with E-state index in [1.54, 1.807) is 47.1 Å². The van der Waals surface area contributed by atoms with Crippen LogP contribution in [0.15, 0.2) is 34.2 Å². The number of aromatic nitrogens is 2. The molecule has 1 N–H and O–H groups in total.